The molecule has 0 atom stereocenters. The van der Waals surface area contributed by atoms with E-state index in [1.807, 2.05) is 0 Å². The van der Waals surface area contributed by atoms with Gasteiger partial charge in [-0.15, -0.1) is 24.5 Å². The van der Waals surface area contributed by atoms with E-state index in [-0.39, 0.29) is 17.1 Å². The molecule has 0 bridgehead atoms. The number of alkyl halides is 3. The zero-order valence-electron chi connectivity index (χ0n) is 9.20. The largest absolute Gasteiger partial charge is 0.573 e. The molecule has 0 aliphatic rings. The van der Waals surface area contributed by atoms with Crippen LogP contribution < -0.4 is 4.74 Å². The number of ketones is 1. The van der Waals surface area contributed by atoms with Crippen LogP contribution in [-0.4, -0.2) is 12.1 Å². The van der Waals surface area contributed by atoms with Gasteiger partial charge in [-0.3, -0.25) is 4.79 Å². The van der Waals surface area contributed by atoms with Gasteiger partial charge in [0.05, 0.1) is 9.21 Å². The van der Waals surface area contributed by atoms with Crippen molar-refractivity contribution in [2.75, 3.05) is 0 Å². The first-order valence-corrected chi connectivity index (χ1v) is 6.20. The molecule has 1 aromatic carbocycles. The molecule has 1 aromatic heterocycles. The minimum absolute atomic E-state index is 0.271. The van der Waals surface area contributed by atoms with E-state index in [9.17, 15) is 18.0 Å². The predicted molar refractivity (Wildman–Crippen MR) is 65.9 cm³/mol. The SMILES string of the molecule is O=C(c1ccc(OC(F)(F)F)cc1)c1ccc(Cl)s1. The van der Waals surface area contributed by atoms with E-state index in [0.29, 0.717) is 9.21 Å². The summed E-state index contributed by atoms with van der Waals surface area (Å²) < 4.78 is 40.1. The summed E-state index contributed by atoms with van der Waals surface area (Å²) in [5.74, 6) is -0.663. The number of hydrogen-bond acceptors (Lipinski definition) is 3. The van der Waals surface area contributed by atoms with Crippen LogP contribution in [0, 0.1) is 0 Å². The summed E-state index contributed by atoms with van der Waals surface area (Å²) in [5, 5.41) is 0. The van der Waals surface area contributed by atoms with E-state index in [2.05, 4.69) is 4.74 Å². The van der Waals surface area contributed by atoms with Gasteiger partial charge in [0, 0.05) is 5.56 Å². The Morgan fingerprint density at radius 3 is 2.21 bits per heavy atom. The smallest absolute Gasteiger partial charge is 0.406 e. The zero-order valence-corrected chi connectivity index (χ0v) is 10.8. The number of rotatable bonds is 3. The molecule has 1 heterocycles. The van der Waals surface area contributed by atoms with E-state index in [4.69, 9.17) is 11.6 Å². The Hall–Kier alpha value is -1.53. The Balaban J connectivity index is 2.16. The molecule has 2 aromatic rings. The summed E-state index contributed by atoms with van der Waals surface area (Å²) >= 11 is 6.82. The van der Waals surface area contributed by atoms with E-state index in [0.717, 1.165) is 23.5 Å². The first-order valence-electron chi connectivity index (χ1n) is 5.01. The fourth-order valence-electron chi connectivity index (χ4n) is 1.39. The molecule has 0 amide bonds. The maximum Gasteiger partial charge on any atom is 0.573 e. The van der Waals surface area contributed by atoms with Crippen molar-refractivity contribution < 1.29 is 22.7 Å². The number of carbonyl (C=O) groups is 1. The third-order valence-electron chi connectivity index (χ3n) is 2.15. The summed E-state index contributed by atoms with van der Waals surface area (Å²) in [6.07, 6.45) is -4.74. The average Bonchev–Trinajstić information content (AvgIpc) is 2.74. The Bertz CT molecular complexity index is 590. The summed E-state index contributed by atoms with van der Waals surface area (Å²) in [6, 6.07) is 7.88. The molecule has 0 aliphatic heterocycles. The van der Waals surface area contributed by atoms with Crippen molar-refractivity contribution in [2.24, 2.45) is 0 Å². The minimum atomic E-state index is -4.74. The normalized spacial score (nSPS) is 11.4. The van der Waals surface area contributed by atoms with Crippen LogP contribution >= 0.6 is 22.9 Å². The quantitative estimate of drug-likeness (QED) is 0.779. The third-order valence-corrected chi connectivity index (χ3v) is 3.38. The molecule has 19 heavy (non-hydrogen) atoms. The van der Waals surface area contributed by atoms with Crippen molar-refractivity contribution in [3.63, 3.8) is 0 Å². The monoisotopic (exact) mass is 306 g/mol. The summed E-state index contributed by atoms with van der Waals surface area (Å²) in [6.45, 7) is 0. The van der Waals surface area contributed by atoms with Gasteiger partial charge in [0.25, 0.3) is 0 Å². The van der Waals surface area contributed by atoms with Crippen LogP contribution in [0.15, 0.2) is 36.4 Å². The average molecular weight is 307 g/mol. The van der Waals surface area contributed by atoms with Crippen molar-refractivity contribution in [1.29, 1.82) is 0 Å². The molecule has 0 aliphatic carbocycles. The number of halogens is 4. The Morgan fingerprint density at radius 2 is 1.74 bits per heavy atom. The van der Waals surface area contributed by atoms with Crippen molar-refractivity contribution in [3.8, 4) is 5.75 Å². The van der Waals surface area contributed by atoms with Crippen molar-refractivity contribution >= 4 is 28.7 Å². The Kier molecular flexibility index (Phi) is 3.82. The number of hydrogen-bond donors (Lipinski definition) is 0. The van der Waals surface area contributed by atoms with Crippen LogP contribution in [0.5, 0.6) is 5.75 Å². The molecule has 0 radical (unpaired) electrons. The number of ether oxygens (including phenoxy) is 1. The fraction of sp³-hybridized carbons (Fsp3) is 0.0833. The molecule has 100 valence electrons. The molecule has 7 heteroatoms. The maximum atomic E-state index is 12.0. The molecule has 0 fully saturated rings. The lowest BCUT2D eigenvalue weighted by molar-refractivity contribution is -0.274. The molecule has 0 saturated heterocycles. The van der Waals surface area contributed by atoms with Gasteiger partial charge >= 0.3 is 6.36 Å². The van der Waals surface area contributed by atoms with Gasteiger partial charge in [0.2, 0.25) is 5.78 Å². The van der Waals surface area contributed by atoms with E-state index < -0.39 is 6.36 Å². The minimum Gasteiger partial charge on any atom is -0.406 e. The van der Waals surface area contributed by atoms with Gasteiger partial charge in [0.1, 0.15) is 5.75 Å². The van der Waals surface area contributed by atoms with Gasteiger partial charge in [-0.05, 0) is 36.4 Å². The first kappa shape index (κ1) is 13.9. The highest BCUT2D eigenvalue weighted by Crippen LogP contribution is 2.26. The van der Waals surface area contributed by atoms with Gasteiger partial charge in [0.15, 0.2) is 0 Å². The molecule has 0 saturated carbocycles. The predicted octanol–water partition coefficient (Wildman–Crippen LogP) is 4.53. The van der Waals surface area contributed by atoms with Gasteiger partial charge in [-0.1, -0.05) is 11.6 Å². The standard InChI is InChI=1S/C12H6ClF3O2S/c13-10-6-5-9(19-10)11(17)7-1-3-8(4-2-7)18-12(14,15)16/h1-6H. The molecule has 2 rings (SSSR count). The number of benzene rings is 1. The zero-order chi connectivity index (χ0) is 14.0. The maximum absolute atomic E-state index is 12.0. The first-order chi connectivity index (χ1) is 8.85. The second kappa shape index (κ2) is 5.22. The lowest BCUT2D eigenvalue weighted by Crippen LogP contribution is -2.17. The van der Waals surface area contributed by atoms with E-state index >= 15 is 0 Å². The van der Waals surface area contributed by atoms with Gasteiger partial charge in [-0.25, -0.2) is 0 Å². The Labute approximate surface area is 115 Å². The van der Waals surface area contributed by atoms with Crippen LogP contribution in [0.3, 0.4) is 0 Å². The topological polar surface area (TPSA) is 26.3 Å². The van der Waals surface area contributed by atoms with Crippen LogP contribution in [0.25, 0.3) is 0 Å². The molecule has 2 nitrogen and oxygen atoms in total. The van der Waals surface area contributed by atoms with Gasteiger partial charge in [-0.2, -0.15) is 0 Å². The summed E-state index contributed by atoms with van der Waals surface area (Å²) in [7, 11) is 0. The van der Waals surface area contributed by atoms with Crippen molar-refractivity contribution in [1.82, 2.24) is 0 Å². The van der Waals surface area contributed by atoms with Crippen molar-refractivity contribution in [2.45, 2.75) is 6.36 Å². The third kappa shape index (κ3) is 3.71. The second-order valence-electron chi connectivity index (χ2n) is 3.51. The number of carbonyl (C=O) groups excluding carboxylic acids is 1. The number of thiophene rings is 1. The highest BCUT2D eigenvalue weighted by Gasteiger charge is 2.31. The molecule has 0 spiro atoms. The second-order valence-corrected chi connectivity index (χ2v) is 5.22. The van der Waals surface area contributed by atoms with Crippen molar-refractivity contribution in [3.05, 3.63) is 51.2 Å². The molecule has 0 N–H and O–H groups in total. The lowest BCUT2D eigenvalue weighted by Gasteiger charge is -2.08. The fourth-order valence-corrected chi connectivity index (χ4v) is 2.39. The molecule has 0 unspecified atom stereocenters. The van der Waals surface area contributed by atoms with Crippen LogP contribution in [-0.2, 0) is 0 Å². The molecular formula is C12H6ClF3O2S. The van der Waals surface area contributed by atoms with Crippen LogP contribution in [0.4, 0.5) is 13.2 Å². The van der Waals surface area contributed by atoms with Gasteiger partial charge < -0.3 is 4.74 Å². The highest BCUT2D eigenvalue weighted by atomic mass is 35.5. The van der Waals surface area contributed by atoms with Crippen LogP contribution in [0.1, 0.15) is 15.2 Å². The van der Waals surface area contributed by atoms with Crippen LogP contribution in [0.2, 0.25) is 4.34 Å². The summed E-state index contributed by atoms with van der Waals surface area (Å²) in [4.78, 5) is 12.4. The van der Waals surface area contributed by atoms with E-state index in [1.54, 1.807) is 12.1 Å². The summed E-state index contributed by atoms with van der Waals surface area (Å²) in [5.41, 5.74) is 0.271. The molecular weight excluding hydrogens is 301 g/mol. The highest BCUT2D eigenvalue weighted by molar-refractivity contribution is 7.18. The van der Waals surface area contributed by atoms with E-state index in [1.165, 1.54) is 12.1 Å². The lowest BCUT2D eigenvalue weighted by atomic mass is 10.1. The Morgan fingerprint density at radius 1 is 1.11 bits per heavy atom.